The lowest BCUT2D eigenvalue weighted by Gasteiger charge is -2.02. The maximum Gasteiger partial charge on any atom is 0.213 e. The number of aryl methyl sites for hydroxylation is 3. The van der Waals surface area contributed by atoms with E-state index in [-0.39, 0.29) is 0 Å². The third-order valence-corrected chi connectivity index (χ3v) is 2.41. The van der Waals surface area contributed by atoms with E-state index < -0.39 is 0 Å². The van der Waals surface area contributed by atoms with Crippen molar-refractivity contribution in [1.29, 1.82) is 0 Å². The van der Waals surface area contributed by atoms with Crippen LogP contribution in [0.25, 0.3) is 0 Å². The summed E-state index contributed by atoms with van der Waals surface area (Å²) in [6.07, 6.45) is 1.78. The fraction of sp³-hybridized carbons (Fsp3) is 0.333. The molecule has 0 aromatic carbocycles. The van der Waals surface area contributed by atoms with E-state index in [0.717, 1.165) is 17.3 Å². The average molecular weight is 217 g/mol. The molecule has 1 N–H and O–H groups in total. The molecule has 0 bridgehead atoms. The average Bonchev–Trinajstić information content (AvgIpc) is 2.56. The number of oxazole rings is 1. The quantitative estimate of drug-likeness (QED) is 0.858. The first kappa shape index (κ1) is 10.7. The number of pyridine rings is 1. The molecule has 2 rings (SSSR count). The summed E-state index contributed by atoms with van der Waals surface area (Å²) in [5, 5.41) is 3.17. The van der Waals surface area contributed by atoms with Gasteiger partial charge in [0.15, 0.2) is 0 Å². The Balaban J connectivity index is 2.02. The van der Waals surface area contributed by atoms with Crippen molar-refractivity contribution < 1.29 is 4.42 Å². The topological polar surface area (TPSA) is 51.0 Å². The molecule has 84 valence electrons. The molecule has 0 aliphatic heterocycles. The van der Waals surface area contributed by atoms with Crippen LogP contribution in [0.2, 0.25) is 0 Å². The third-order valence-electron chi connectivity index (χ3n) is 2.41. The monoisotopic (exact) mass is 217 g/mol. The van der Waals surface area contributed by atoms with Crippen molar-refractivity contribution in [2.75, 3.05) is 5.32 Å². The number of nitrogens with one attached hydrogen (secondary N) is 1. The number of aromatic nitrogens is 2. The lowest BCUT2D eigenvalue weighted by atomic mass is 10.3. The van der Waals surface area contributed by atoms with Crippen LogP contribution in [0.5, 0.6) is 0 Å². The van der Waals surface area contributed by atoms with Gasteiger partial charge in [-0.2, -0.15) is 0 Å². The summed E-state index contributed by atoms with van der Waals surface area (Å²) in [5.41, 5.74) is 2.12. The lowest BCUT2D eigenvalue weighted by molar-refractivity contribution is 0.478. The van der Waals surface area contributed by atoms with Crippen molar-refractivity contribution in [1.82, 2.24) is 9.97 Å². The first-order chi connectivity index (χ1) is 7.65. The summed E-state index contributed by atoms with van der Waals surface area (Å²) in [6.45, 7) is 6.45. The minimum atomic E-state index is 0.561. The third kappa shape index (κ3) is 2.39. The van der Waals surface area contributed by atoms with Gasteiger partial charge in [0.25, 0.3) is 0 Å². The number of hydrogen-bond acceptors (Lipinski definition) is 4. The van der Waals surface area contributed by atoms with Crippen LogP contribution in [0.3, 0.4) is 0 Å². The van der Waals surface area contributed by atoms with Crippen LogP contribution < -0.4 is 5.32 Å². The fourth-order valence-electron chi connectivity index (χ4n) is 1.41. The minimum absolute atomic E-state index is 0.561. The van der Waals surface area contributed by atoms with Crippen LogP contribution in [-0.2, 0) is 6.54 Å². The van der Waals surface area contributed by atoms with Crippen LogP contribution in [-0.4, -0.2) is 9.97 Å². The SMILES string of the molecule is Cc1ccnc(NCc2nc(C)c(C)o2)c1. The maximum atomic E-state index is 5.46. The summed E-state index contributed by atoms with van der Waals surface area (Å²) < 4.78 is 5.46. The van der Waals surface area contributed by atoms with Gasteiger partial charge in [-0.25, -0.2) is 9.97 Å². The van der Waals surface area contributed by atoms with Crippen molar-refractivity contribution >= 4 is 5.82 Å². The van der Waals surface area contributed by atoms with Crippen LogP contribution in [0.15, 0.2) is 22.7 Å². The van der Waals surface area contributed by atoms with Gasteiger partial charge in [0.1, 0.15) is 11.6 Å². The summed E-state index contributed by atoms with van der Waals surface area (Å²) in [6, 6.07) is 3.95. The summed E-state index contributed by atoms with van der Waals surface area (Å²) in [4.78, 5) is 8.49. The largest absolute Gasteiger partial charge is 0.444 e. The molecule has 2 heterocycles. The number of nitrogens with zero attached hydrogens (tertiary/aromatic N) is 2. The number of anilines is 1. The normalized spacial score (nSPS) is 10.4. The van der Waals surface area contributed by atoms with Crippen molar-refractivity contribution in [3.05, 3.63) is 41.2 Å². The van der Waals surface area contributed by atoms with Crippen molar-refractivity contribution in [2.45, 2.75) is 27.3 Å². The Morgan fingerprint density at radius 2 is 2.12 bits per heavy atom. The Hall–Kier alpha value is -1.84. The number of hydrogen-bond donors (Lipinski definition) is 1. The van der Waals surface area contributed by atoms with Gasteiger partial charge in [0.2, 0.25) is 5.89 Å². The van der Waals surface area contributed by atoms with Crippen molar-refractivity contribution in [2.24, 2.45) is 0 Å². The zero-order chi connectivity index (χ0) is 11.5. The Labute approximate surface area is 94.7 Å². The molecule has 2 aromatic heterocycles. The molecule has 4 nitrogen and oxygen atoms in total. The van der Waals surface area contributed by atoms with Gasteiger partial charge in [0.05, 0.1) is 12.2 Å². The molecule has 0 aliphatic rings. The second-order valence-corrected chi connectivity index (χ2v) is 3.82. The molecule has 4 heteroatoms. The van der Waals surface area contributed by atoms with E-state index in [1.807, 2.05) is 32.9 Å². The van der Waals surface area contributed by atoms with Crippen LogP contribution in [0.4, 0.5) is 5.82 Å². The second-order valence-electron chi connectivity index (χ2n) is 3.82. The first-order valence-electron chi connectivity index (χ1n) is 5.24. The Morgan fingerprint density at radius 1 is 1.31 bits per heavy atom. The van der Waals surface area contributed by atoms with Gasteiger partial charge >= 0.3 is 0 Å². The standard InChI is InChI=1S/C12H15N3O/c1-8-4-5-13-11(6-8)14-7-12-15-9(2)10(3)16-12/h4-6H,7H2,1-3H3,(H,13,14). The van der Waals surface area contributed by atoms with Crippen molar-refractivity contribution in [3.63, 3.8) is 0 Å². The molecule has 0 aliphatic carbocycles. The minimum Gasteiger partial charge on any atom is -0.444 e. The molecule has 2 aromatic rings. The highest BCUT2D eigenvalue weighted by atomic mass is 16.4. The molecule has 0 amide bonds. The molecule has 0 spiro atoms. The van der Waals surface area contributed by atoms with E-state index in [4.69, 9.17) is 4.42 Å². The molecule has 0 atom stereocenters. The highest BCUT2D eigenvalue weighted by molar-refractivity contribution is 5.36. The molecule has 0 unspecified atom stereocenters. The summed E-state index contributed by atoms with van der Waals surface area (Å²) >= 11 is 0. The van der Waals surface area contributed by atoms with E-state index in [1.165, 1.54) is 5.56 Å². The van der Waals surface area contributed by atoms with Gasteiger partial charge in [-0.1, -0.05) is 0 Å². The van der Waals surface area contributed by atoms with E-state index in [2.05, 4.69) is 15.3 Å². The Bertz CT molecular complexity index is 471. The zero-order valence-corrected chi connectivity index (χ0v) is 9.74. The van der Waals surface area contributed by atoms with Crippen LogP contribution in [0, 0.1) is 20.8 Å². The Morgan fingerprint density at radius 3 is 2.75 bits per heavy atom. The molecule has 0 radical (unpaired) electrons. The highest BCUT2D eigenvalue weighted by Gasteiger charge is 2.04. The molecular formula is C12H15N3O. The number of rotatable bonds is 3. The predicted octanol–water partition coefficient (Wildman–Crippen LogP) is 2.61. The van der Waals surface area contributed by atoms with Crippen LogP contribution >= 0.6 is 0 Å². The van der Waals surface area contributed by atoms with E-state index in [9.17, 15) is 0 Å². The van der Waals surface area contributed by atoms with Gasteiger partial charge in [-0.3, -0.25) is 0 Å². The van der Waals surface area contributed by atoms with Crippen molar-refractivity contribution in [3.8, 4) is 0 Å². The van der Waals surface area contributed by atoms with Crippen LogP contribution in [0.1, 0.15) is 22.9 Å². The predicted molar refractivity (Wildman–Crippen MR) is 62.3 cm³/mol. The second kappa shape index (κ2) is 4.35. The molecular weight excluding hydrogens is 202 g/mol. The molecule has 0 fully saturated rings. The molecule has 0 saturated heterocycles. The first-order valence-corrected chi connectivity index (χ1v) is 5.24. The van der Waals surface area contributed by atoms with Gasteiger partial charge in [-0.05, 0) is 38.5 Å². The smallest absolute Gasteiger partial charge is 0.213 e. The van der Waals surface area contributed by atoms with Gasteiger partial charge in [0, 0.05) is 6.20 Å². The maximum absolute atomic E-state index is 5.46. The lowest BCUT2D eigenvalue weighted by Crippen LogP contribution is -2.01. The fourth-order valence-corrected chi connectivity index (χ4v) is 1.41. The van der Waals surface area contributed by atoms with Gasteiger partial charge in [-0.15, -0.1) is 0 Å². The molecule has 16 heavy (non-hydrogen) atoms. The molecule has 0 saturated carbocycles. The van der Waals surface area contributed by atoms with Gasteiger partial charge < -0.3 is 9.73 Å². The summed E-state index contributed by atoms with van der Waals surface area (Å²) in [7, 11) is 0. The van der Waals surface area contributed by atoms with E-state index in [0.29, 0.717) is 12.4 Å². The van der Waals surface area contributed by atoms with E-state index in [1.54, 1.807) is 6.20 Å². The zero-order valence-electron chi connectivity index (χ0n) is 9.74. The van der Waals surface area contributed by atoms with E-state index >= 15 is 0 Å². The summed E-state index contributed by atoms with van der Waals surface area (Å²) in [5.74, 6) is 2.40. The highest BCUT2D eigenvalue weighted by Crippen LogP contribution is 2.11. The Kier molecular flexibility index (Phi) is 2.90.